The van der Waals surface area contributed by atoms with Gasteiger partial charge in [-0.25, -0.2) is 9.18 Å². The van der Waals surface area contributed by atoms with Crippen molar-refractivity contribution in [1.29, 1.82) is 0 Å². The number of carbonyl (C=O) groups is 3. The first kappa shape index (κ1) is 29.8. The van der Waals surface area contributed by atoms with E-state index in [-0.39, 0.29) is 46.6 Å². The van der Waals surface area contributed by atoms with E-state index in [1.807, 2.05) is 18.2 Å². The molecule has 0 saturated heterocycles. The van der Waals surface area contributed by atoms with Crippen molar-refractivity contribution in [2.24, 2.45) is 11.8 Å². The van der Waals surface area contributed by atoms with E-state index in [1.54, 1.807) is 12.1 Å². The average Bonchev–Trinajstić information content (AvgIpc) is 2.98. The number of carbonyl (C=O) groups excluding carboxylic acids is 3. The maximum Gasteiger partial charge on any atom is 0.410 e. The summed E-state index contributed by atoms with van der Waals surface area (Å²) < 4.78 is 20.7. The minimum absolute atomic E-state index is 0.00104. The molecule has 43 heavy (non-hydrogen) atoms. The van der Waals surface area contributed by atoms with Gasteiger partial charge in [-0.2, -0.15) is 0 Å². The van der Waals surface area contributed by atoms with Gasteiger partial charge in [-0.1, -0.05) is 63.6 Å². The Bertz CT molecular complexity index is 1530. The van der Waals surface area contributed by atoms with Crippen LogP contribution in [0.1, 0.15) is 76.3 Å². The van der Waals surface area contributed by atoms with Gasteiger partial charge in [0.2, 0.25) is 0 Å². The fraction of sp³-hybridized carbons (Fsp3) is 0.457. The molecule has 2 aliphatic carbocycles. The molecule has 1 N–H and O–H groups in total. The standard InChI is InChI=1S/C35H38BrFN2O4/c1-20-12-14-23(35(2,3)22-8-5-4-6-9-22)30(16-20)43-34(42)39-18-27-33(29(41)19-39)31(21-13-15-25(37)24(36)17-21)32-26(38-27)10-7-11-28(32)40/h4-6,8-9,13,15,17,20,23,30-31,38H,7,10-12,14,16,18-19H2,1-3H3/t20-,23-,30-,31?/m1/s1. The van der Waals surface area contributed by atoms with Crippen LogP contribution in [-0.4, -0.2) is 41.8 Å². The molecule has 0 radical (unpaired) electrons. The molecule has 1 unspecified atom stereocenters. The summed E-state index contributed by atoms with van der Waals surface area (Å²) in [6.07, 6.45) is 3.85. The molecule has 0 aromatic heterocycles. The van der Waals surface area contributed by atoms with Crippen molar-refractivity contribution in [3.63, 3.8) is 0 Å². The molecule has 4 atom stereocenters. The summed E-state index contributed by atoms with van der Waals surface area (Å²) in [5.41, 5.74) is 4.16. The van der Waals surface area contributed by atoms with Crippen molar-refractivity contribution in [2.75, 3.05) is 13.1 Å². The molecule has 226 valence electrons. The number of amides is 1. The molecule has 0 bridgehead atoms. The molecule has 2 heterocycles. The maximum absolute atomic E-state index is 14.2. The Balaban J connectivity index is 1.28. The van der Waals surface area contributed by atoms with E-state index < -0.39 is 17.8 Å². The largest absolute Gasteiger partial charge is 0.446 e. The Labute approximate surface area is 260 Å². The van der Waals surface area contributed by atoms with Gasteiger partial charge in [0.15, 0.2) is 11.6 Å². The molecule has 4 aliphatic rings. The number of ketones is 2. The predicted molar refractivity (Wildman–Crippen MR) is 166 cm³/mol. The van der Waals surface area contributed by atoms with Crippen LogP contribution < -0.4 is 5.32 Å². The van der Waals surface area contributed by atoms with E-state index in [0.29, 0.717) is 47.6 Å². The topological polar surface area (TPSA) is 75.7 Å². The third-order valence-corrected chi connectivity index (χ3v) is 10.5. The zero-order valence-corrected chi connectivity index (χ0v) is 26.5. The van der Waals surface area contributed by atoms with E-state index >= 15 is 0 Å². The summed E-state index contributed by atoms with van der Waals surface area (Å²) in [5, 5.41) is 3.38. The normalized spacial score (nSPS) is 26.1. The van der Waals surface area contributed by atoms with E-state index in [2.05, 4.69) is 54.2 Å². The second-order valence-corrected chi connectivity index (χ2v) is 14.0. The van der Waals surface area contributed by atoms with Gasteiger partial charge >= 0.3 is 6.09 Å². The van der Waals surface area contributed by atoms with Gasteiger partial charge in [0, 0.05) is 40.8 Å². The highest BCUT2D eigenvalue weighted by atomic mass is 79.9. The SMILES string of the molecule is C[C@@H]1CC[C@@H](C(C)(C)c2ccccc2)[C@H](OC(=O)N2CC(=O)C3=C(C2)NC2=C(C(=O)CCC2)C3c2ccc(F)c(Br)c2)C1. The van der Waals surface area contributed by atoms with Crippen LogP contribution in [0.3, 0.4) is 0 Å². The van der Waals surface area contributed by atoms with Crippen molar-refractivity contribution in [1.82, 2.24) is 10.2 Å². The maximum atomic E-state index is 14.2. The van der Waals surface area contributed by atoms with E-state index in [9.17, 15) is 18.8 Å². The molecule has 6 rings (SSSR count). The van der Waals surface area contributed by atoms with Crippen LogP contribution in [0.2, 0.25) is 0 Å². The van der Waals surface area contributed by atoms with E-state index in [0.717, 1.165) is 25.0 Å². The molecule has 1 saturated carbocycles. The first-order valence-corrected chi connectivity index (χ1v) is 16.1. The Morgan fingerprint density at radius 2 is 1.74 bits per heavy atom. The highest BCUT2D eigenvalue weighted by molar-refractivity contribution is 9.10. The molecule has 2 aliphatic heterocycles. The van der Waals surface area contributed by atoms with Crippen LogP contribution in [0.25, 0.3) is 0 Å². The fourth-order valence-corrected chi connectivity index (χ4v) is 7.98. The van der Waals surface area contributed by atoms with Crippen LogP contribution >= 0.6 is 15.9 Å². The van der Waals surface area contributed by atoms with Gasteiger partial charge in [0.25, 0.3) is 0 Å². The summed E-state index contributed by atoms with van der Waals surface area (Å²) >= 11 is 3.27. The number of hydrogen-bond donors (Lipinski definition) is 1. The zero-order valence-electron chi connectivity index (χ0n) is 24.9. The van der Waals surface area contributed by atoms with Crippen LogP contribution in [0.5, 0.6) is 0 Å². The smallest absolute Gasteiger partial charge is 0.410 e. The number of nitrogens with zero attached hydrogens (tertiary/aromatic N) is 1. The predicted octanol–water partition coefficient (Wildman–Crippen LogP) is 7.34. The summed E-state index contributed by atoms with van der Waals surface area (Å²) in [7, 11) is 0. The van der Waals surface area contributed by atoms with Crippen LogP contribution in [0, 0.1) is 17.7 Å². The van der Waals surface area contributed by atoms with E-state index in [1.165, 1.54) is 16.5 Å². The number of halogens is 2. The summed E-state index contributed by atoms with van der Waals surface area (Å²) in [6, 6.07) is 15.0. The fourth-order valence-electron chi connectivity index (χ4n) is 7.58. The number of allylic oxidation sites excluding steroid dienone is 2. The molecule has 2 aromatic carbocycles. The zero-order chi connectivity index (χ0) is 30.5. The molecular formula is C35H38BrFN2O4. The lowest BCUT2D eigenvalue weighted by atomic mass is 9.64. The summed E-state index contributed by atoms with van der Waals surface area (Å²) in [4.78, 5) is 42.3. The monoisotopic (exact) mass is 648 g/mol. The Morgan fingerprint density at radius 3 is 2.49 bits per heavy atom. The minimum Gasteiger partial charge on any atom is -0.446 e. The number of nitrogens with one attached hydrogen (secondary N) is 1. The lowest BCUT2D eigenvalue weighted by Gasteiger charge is -2.45. The summed E-state index contributed by atoms with van der Waals surface area (Å²) in [5.74, 6) is -0.677. The third kappa shape index (κ3) is 5.59. The van der Waals surface area contributed by atoms with E-state index in [4.69, 9.17) is 4.74 Å². The van der Waals surface area contributed by atoms with Crippen LogP contribution in [0.15, 0.2) is 75.5 Å². The first-order chi connectivity index (χ1) is 20.5. The number of ether oxygens (including phenoxy) is 1. The Morgan fingerprint density at radius 1 is 1.00 bits per heavy atom. The minimum atomic E-state index is -0.600. The van der Waals surface area contributed by atoms with Crippen LogP contribution in [0.4, 0.5) is 9.18 Å². The molecule has 1 fully saturated rings. The number of dihydropyridines is 1. The molecular weight excluding hydrogens is 611 g/mol. The number of hydrogen-bond acceptors (Lipinski definition) is 5. The van der Waals surface area contributed by atoms with Gasteiger partial charge in [0.1, 0.15) is 11.9 Å². The Kier molecular flexibility index (Phi) is 8.09. The highest BCUT2D eigenvalue weighted by Crippen LogP contribution is 2.46. The molecule has 1 amide bonds. The molecule has 6 nitrogen and oxygen atoms in total. The van der Waals surface area contributed by atoms with Gasteiger partial charge in [0.05, 0.1) is 17.6 Å². The second-order valence-electron chi connectivity index (χ2n) is 13.1. The van der Waals surface area contributed by atoms with Crippen molar-refractivity contribution in [3.8, 4) is 0 Å². The summed E-state index contributed by atoms with van der Waals surface area (Å²) in [6.45, 7) is 6.69. The lowest BCUT2D eigenvalue weighted by Crippen LogP contribution is -2.50. The van der Waals surface area contributed by atoms with Crippen molar-refractivity contribution in [2.45, 2.75) is 76.7 Å². The molecule has 0 spiro atoms. The lowest BCUT2D eigenvalue weighted by molar-refractivity contribution is -0.118. The number of rotatable bonds is 4. The van der Waals surface area contributed by atoms with Crippen molar-refractivity contribution in [3.05, 3.63) is 92.5 Å². The van der Waals surface area contributed by atoms with Gasteiger partial charge < -0.3 is 10.1 Å². The molecule has 8 heteroatoms. The van der Waals surface area contributed by atoms with Gasteiger partial charge in [-0.05, 0) is 76.2 Å². The van der Waals surface area contributed by atoms with Crippen molar-refractivity contribution < 1.29 is 23.5 Å². The number of Topliss-reactive ketones (excluding diaryl/α,β-unsaturated/α-hetero) is 2. The first-order valence-electron chi connectivity index (χ1n) is 15.3. The van der Waals surface area contributed by atoms with Crippen LogP contribution in [-0.2, 0) is 19.7 Å². The second kappa shape index (κ2) is 11.7. The number of benzene rings is 2. The highest BCUT2D eigenvalue weighted by Gasteiger charge is 2.45. The Hall–Kier alpha value is -3.26. The quantitative estimate of drug-likeness (QED) is 0.375. The van der Waals surface area contributed by atoms with Crippen molar-refractivity contribution >= 4 is 33.6 Å². The van der Waals surface area contributed by atoms with Gasteiger partial charge in [-0.15, -0.1) is 0 Å². The average molecular weight is 650 g/mol. The van der Waals surface area contributed by atoms with Gasteiger partial charge in [-0.3, -0.25) is 14.5 Å². The molecule has 2 aromatic rings. The third-order valence-electron chi connectivity index (χ3n) is 9.93.